The second-order valence-electron chi connectivity index (χ2n) is 7.04. The van der Waals surface area contributed by atoms with Gasteiger partial charge in [-0.2, -0.15) is 0 Å². The number of aryl methyl sites for hydroxylation is 2. The van der Waals surface area contributed by atoms with Crippen molar-refractivity contribution in [3.05, 3.63) is 90.6 Å². The van der Waals surface area contributed by atoms with Crippen LogP contribution in [-0.2, 0) is 7.05 Å². The Morgan fingerprint density at radius 1 is 0.704 bits per heavy atom. The van der Waals surface area contributed by atoms with Crippen LogP contribution in [0.4, 0.5) is 0 Å². The summed E-state index contributed by atoms with van der Waals surface area (Å²) >= 11 is 0. The Labute approximate surface area is 158 Å². The van der Waals surface area contributed by atoms with Gasteiger partial charge in [0.15, 0.2) is 6.20 Å². The third kappa shape index (κ3) is 2.61. The van der Waals surface area contributed by atoms with Gasteiger partial charge in [0.2, 0.25) is 5.69 Å². The second-order valence-corrected chi connectivity index (χ2v) is 7.04. The molecule has 0 unspecified atom stereocenters. The van der Waals surface area contributed by atoms with E-state index >= 15 is 0 Å². The fraction of sp³-hybridized carbons (Fsp3) is 0.0800. The van der Waals surface area contributed by atoms with E-state index < -0.39 is 0 Å². The number of nitrogens with zero attached hydrogens (tertiary/aromatic N) is 1. The van der Waals surface area contributed by atoms with Gasteiger partial charge in [-0.1, -0.05) is 36.4 Å². The minimum atomic E-state index is 0.935. The first-order valence-corrected chi connectivity index (χ1v) is 9.18. The number of hydrogen-bond donors (Lipinski definition) is 0. The minimum absolute atomic E-state index is 0.935. The average molecular weight is 350 g/mol. The van der Waals surface area contributed by atoms with Gasteiger partial charge in [-0.05, 0) is 53.9 Å². The SMILES string of the molecule is Cc1cc(-c2ccc3oc4ccccc4c3c2)ccc1-c1cccc[n+]1C. The van der Waals surface area contributed by atoms with Crippen LogP contribution < -0.4 is 4.57 Å². The van der Waals surface area contributed by atoms with E-state index in [0.29, 0.717) is 0 Å². The molecule has 0 amide bonds. The van der Waals surface area contributed by atoms with Crippen LogP contribution in [0.25, 0.3) is 44.3 Å². The monoisotopic (exact) mass is 350 g/mol. The van der Waals surface area contributed by atoms with Gasteiger partial charge in [-0.25, -0.2) is 4.57 Å². The number of benzene rings is 3. The average Bonchev–Trinajstić information content (AvgIpc) is 3.06. The van der Waals surface area contributed by atoms with Crippen LogP contribution in [0.1, 0.15) is 5.56 Å². The molecule has 0 N–H and O–H groups in total. The van der Waals surface area contributed by atoms with Crippen LogP contribution in [0.15, 0.2) is 89.5 Å². The van der Waals surface area contributed by atoms with Crippen molar-refractivity contribution in [2.45, 2.75) is 6.92 Å². The van der Waals surface area contributed by atoms with Crippen molar-refractivity contribution in [3.8, 4) is 22.4 Å². The fourth-order valence-electron chi connectivity index (χ4n) is 3.84. The number of fused-ring (bicyclic) bond motifs is 3. The number of aromatic nitrogens is 1. The van der Waals surface area contributed by atoms with Crippen LogP contribution >= 0.6 is 0 Å². The topological polar surface area (TPSA) is 17.0 Å². The third-order valence-electron chi connectivity index (χ3n) is 5.27. The molecule has 2 heteroatoms. The van der Waals surface area contributed by atoms with E-state index in [1.165, 1.54) is 38.7 Å². The van der Waals surface area contributed by atoms with E-state index in [2.05, 4.69) is 91.5 Å². The summed E-state index contributed by atoms with van der Waals surface area (Å²) in [5.74, 6) is 0. The summed E-state index contributed by atoms with van der Waals surface area (Å²) in [6.07, 6.45) is 2.08. The second kappa shape index (κ2) is 6.10. The molecule has 0 radical (unpaired) electrons. The Morgan fingerprint density at radius 3 is 2.30 bits per heavy atom. The predicted octanol–water partition coefficient (Wildman–Crippen LogP) is 6.05. The van der Waals surface area contributed by atoms with Gasteiger partial charge < -0.3 is 4.42 Å². The van der Waals surface area contributed by atoms with Gasteiger partial charge in [-0.3, -0.25) is 0 Å². The number of para-hydroxylation sites is 1. The molecule has 2 nitrogen and oxygen atoms in total. The summed E-state index contributed by atoms with van der Waals surface area (Å²) in [7, 11) is 2.08. The molecule has 0 saturated carbocycles. The van der Waals surface area contributed by atoms with Crippen molar-refractivity contribution in [2.75, 3.05) is 0 Å². The molecule has 0 atom stereocenters. The standard InChI is InChI=1S/C25H20NO/c1-17-15-18(10-12-20(17)23-8-5-6-14-26(23)2)19-11-13-25-22(16-19)21-7-3-4-9-24(21)27-25/h3-16H,1-2H3/q+1. The highest BCUT2D eigenvalue weighted by molar-refractivity contribution is 6.06. The third-order valence-corrected chi connectivity index (χ3v) is 5.27. The molecule has 0 aliphatic heterocycles. The van der Waals surface area contributed by atoms with Crippen molar-refractivity contribution >= 4 is 21.9 Å². The van der Waals surface area contributed by atoms with Crippen molar-refractivity contribution in [2.24, 2.45) is 7.05 Å². The summed E-state index contributed by atoms with van der Waals surface area (Å²) < 4.78 is 8.11. The zero-order valence-electron chi connectivity index (χ0n) is 15.4. The Balaban J connectivity index is 1.63. The normalized spacial score (nSPS) is 11.3. The van der Waals surface area contributed by atoms with Crippen molar-refractivity contribution < 1.29 is 8.98 Å². The first kappa shape index (κ1) is 15.8. The first-order chi connectivity index (χ1) is 13.2. The molecular weight excluding hydrogens is 330 g/mol. The molecule has 0 bridgehead atoms. The molecule has 2 heterocycles. The molecule has 0 aliphatic rings. The predicted molar refractivity (Wildman–Crippen MR) is 111 cm³/mol. The van der Waals surface area contributed by atoms with Gasteiger partial charge in [0.1, 0.15) is 18.2 Å². The van der Waals surface area contributed by atoms with E-state index in [1.807, 2.05) is 12.1 Å². The highest BCUT2D eigenvalue weighted by atomic mass is 16.3. The van der Waals surface area contributed by atoms with Crippen LogP contribution in [0.3, 0.4) is 0 Å². The highest BCUT2D eigenvalue weighted by Crippen LogP contribution is 2.33. The molecule has 2 aromatic heterocycles. The number of furan rings is 1. The zero-order valence-corrected chi connectivity index (χ0v) is 15.4. The summed E-state index contributed by atoms with van der Waals surface area (Å²) in [4.78, 5) is 0. The van der Waals surface area contributed by atoms with E-state index in [1.54, 1.807) is 0 Å². The van der Waals surface area contributed by atoms with E-state index in [9.17, 15) is 0 Å². The molecule has 27 heavy (non-hydrogen) atoms. The van der Waals surface area contributed by atoms with E-state index in [4.69, 9.17) is 4.42 Å². The zero-order chi connectivity index (χ0) is 18.4. The lowest BCUT2D eigenvalue weighted by molar-refractivity contribution is -0.660. The van der Waals surface area contributed by atoms with E-state index in [0.717, 1.165) is 11.2 Å². The van der Waals surface area contributed by atoms with Gasteiger partial charge >= 0.3 is 0 Å². The Kier molecular flexibility index (Phi) is 3.58. The number of hydrogen-bond acceptors (Lipinski definition) is 1. The van der Waals surface area contributed by atoms with E-state index in [-0.39, 0.29) is 0 Å². The molecule has 0 saturated heterocycles. The highest BCUT2D eigenvalue weighted by Gasteiger charge is 2.13. The maximum atomic E-state index is 5.95. The summed E-state index contributed by atoms with van der Waals surface area (Å²) in [5, 5.41) is 2.33. The quantitative estimate of drug-likeness (QED) is 0.354. The summed E-state index contributed by atoms with van der Waals surface area (Å²) in [5.41, 5.74) is 8.06. The molecular formula is C25H20NO+. The molecule has 130 valence electrons. The van der Waals surface area contributed by atoms with Crippen molar-refractivity contribution in [1.82, 2.24) is 0 Å². The van der Waals surface area contributed by atoms with Crippen LogP contribution in [0.5, 0.6) is 0 Å². The summed E-state index contributed by atoms with van der Waals surface area (Å²) in [6.45, 7) is 2.18. The summed E-state index contributed by atoms with van der Waals surface area (Å²) in [6, 6.07) is 27.7. The largest absolute Gasteiger partial charge is 0.456 e. The van der Waals surface area contributed by atoms with Crippen molar-refractivity contribution in [3.63, 3.8) is 0 Å². The molecule has 5 rings (SSSR count). The van der Waals surface area contributed by atoms with Crippen LogP contribution in [-0.4, -0.2) is 0 Å². The molecule has 0 aliphatic carbocycles. The van der Waals surface area contributed by atoms with Gasteiger partial charge in [0.05, 0.1) is 0 Å². The Hall–Kier alpha value is -3.39. The van der Waals surface area contributed by atoms with Crippen molar-refractivity contribution in [1.29, 1.82) is 0 Å². The number of pyridine rings is 1. The molecule has 5 aromatic rings. The lowest BCUT2D eigenvalue weighted by Gasteiger charge is -2.08. The lowest BCUT2D eigenvalue weighted by atomic mass is 9.97. The fourth-order valence-corrected chi connectivity index (χ4v) is 3.84. The molecule has 0 fully saturated rings. The van der Waals surface area contributed by atoms with Gasteiger partial charge in [0.25, 0.3) is 0 Å². The van der Waals surface area contributed by atoms with Gasteiger partial charge in [0, 0.05) is 28.5 Å². The maximum absolute atomic E-state index is 5.95. The lowest BCUT2D eigenvalue weighted by Crippen LogP contribution is -2.30. The van der Waals surface area contributed by atoms with Gasteiger partial charge in [-0.15, -0.1) is 0 Å². The first-order valence-electron chi connectivity index (χ1n) is 9.18. The van der Waals surface area contributed by atoms with Crippen LogP contribution in [0.2, 0.25) is 0 Å². The molecule has 3 aromatic carbocycles. The maximum Gasteiger partial charge on any atom is 0.212 e. The van der Waals surface area contributed by atoms with Crippen LogP contribution in [0, 0.1) is 6.92 Å². The smallest absolute Gasteiger partial charge is 0.212 e. The Morgan fingerprint density at radius 2 is 1.44 bits per heavy atom. The Bertz CT molecular complexity index is 1300. The number of rotatable bonds is 2. The molecule has 0 spiro atoms. The minimum Gasteiger partial charge on any atom is -0.456 e.